The standard InChI is InChI=1S/C16H12BrN/c1-11-3-2-4-12(7-11)14-8-13-9-15(17)5-6-16(13)18-10-14/h2-10H,1H3. The van der Waals surface area contributed by atoms with Crippen molar-refractivity contribution in [1.29, 1.82) is 0 Å². The Labute approximate surface area is 115 Å². The molecule has 1 nitrogen and oxygen atoms in total. The molecule has 3 aromatic rings. The summed E-state index contributed by atoms with van der Waals surface area (Å²) < 4.78 is 1.08. The number of nitrogens with zero attached hydrogens (tertiary/aromatic N) is 1. The van der Waals surface area contributed by atoms with Crippen LogP contribution < -0.4 is 0 Å². The Kier molecular flexibility index (Phi) is 2.88. The summed E-state index contributed by atoms with van der Waals surface area (Å²) in [7, 11) is 0. The molecule has 18 heavy (non-hydrogen) atoms. The molecular formula is C16H12BrN. The van der Waals surface area contributed by atoms with Crippen LogP contribution in [0.3, 0.4) is 0 Å². The molecule has 0 atom stereocenters. The van der Waals surface area contributed by atoms with E-state index in [0.717, 1.165) is 20.9 Å². The lowest BCUT2D eigenvalue weighted by Crippen LogP contribution is -1.84. The van der Waals surface area contributed by atoms with Crippen LogP contribution in [-0.2, 0) is 0 Å². The van der Waals surface area contributed by atoms with Gasteiger partial charge < -0.3 is 0 Å². The molecule has 1 aromatic heterocycles. The second-order valence-corrected chi connectivity index (χ2v) is 5.35. The van der Waals surface area contributed by atoms with E-state index in [9.17, 15) is 0 Å². The molecule has 0 radical (unpaired) electrons. The summed E-state index contributed by atoms with van der Waals surface area (Å²) in [6, 6.07) is 16.8. The number of hydrogen-bond acceptors (Lipinski definition) is 1. The van der Waals surface area contributed by atoms with E-state index in [4.69, 9.17) is 0 Å². The molecule has 0 unspecified atom stereocenters. The van der Waals surface area contributed by atoms with Crippen LogP contribution in [0, 0.1) is 6.92 Å². The van der Waals surface area contributed by atoms with Crippen LogP contribution >= 0.6 is 15.9 Å². The summed E-state index contributed by atoms with van der Waals surface area (Å²) in [5.74, 6) is 0. The zero-order chi connectivity index (χ0) is 12.5. The quantitative estimate of drug-likeness (QED) is 0.618. The summed E-state index contributed by atoms with van der Waals surface area (Å²) in [5.41, 5.74) is 4.66. The summed E-state index contributed by atoms with van der Waals surface area (Å²) in [5, 5.41) is 1.16. The predicted molar refractivity (Wildman–Crippen MR) is 79.6 cm³/mol. The number of pyridine rings is 1. The third-order valence-electron chi connectivity index (χ3n) is 2.99. The molecule has 0 saturated heterocycles. The van der Waals surface area contributed by atoms with Crippen molar-refractivity contribution in [3.8, 4) is 11.1 Å². The van der Waals surface area contributed by atoms with Gasteiger partial charge in [-0.25, -0.2) is 0 Å². The van der Waals surface area contributed by atoms with Crippen molar-refractivity contribution in [2.24, 2.45) is 0 Å². The van der Waals surface area contributed by atoms with Crippen LogP contribution in [0.5, 0.6) is 0 Å². The largest absolute Gasteiger partial charge is 0.256 e. The third-order valence-corrected chi connectivity index (χ3v) is 3.49. The summed E-state index contributed by atoms with van der Waals surface area (Å²) in [6.45, 7) is 2.11. The first-order chi connectivity index (χ1) is 8.72. The lowest BCUT2D eigenvalue weighted by Gasteiger charge is -2.05. The SMILES string of the molecule is Cc1cccc(-c2cnc3ccc(Br)cc3c2)c1. The monoisotopic (exact) mass is 297 g/mol. The van der Waals surface area contributed by atoms with Gasteiger partial charge in [0.25, 0.3) is 0 Å². The van der Waals surface area contributed by atoms with Gasteiger partial charge in [-0.3, -0.25) is 4.98 Å². The molecule has 0 aliphatic heterocycles. The fraction of sp³-hybridized carbons (Fsp3) is 0.0625. The molecule has 0 saturated carbocycles. The Morgan fingerprint density at radius 1 is 0.944 bits per heavy atom. The minimum Gasteiger partial charge on any atom is -0.256 e. The Bertz CT molecular complexity index is 719. The Morgan fingerprint density at radius 3 is 2.67 bits per heavy atom. The molecule has 0 aliphatic rings. The molecule has 0 amide bonds. The number of benzene rings is 2. The molecule has 88 valence electrons. The van der Waals surface area contributed by atoms with Crippen molar-refractivity contribution < 1.29 is 0 Å². The van der Waals surface area contributed by atoms with Crippen LogP contribution in [0.15, 0.2) is 59.2 Å². The van der Waals surface area contributed by atoms with Gasteiger partial charge in [-0.1, -0.05) is 45.8 Å². The lowest BCUT2D eigenvalue weighted by atomic mass is 10.0. The van der Waals surface area contributed by atoms with E-state index in [1.165, 1.54) is 11.1 Å². The molecule has 0 bridgehead atoms. The van der Waals surface area contributed by atoms with E-state index in [0.29, 0.717) is 0 Å². The van der Waals surface area contributed by atoms with Crippen molar-refractivity contribution in [2.45, 2.75) is 6.92 Å². The maximum Gasteiger partial charge on any atom is 0.0703 e. The van der Waals surface area contributed by atoms with Gasteiger partial charge in [0.15, 0.2) is 0 Å². The number of hydrogen-bond donors (Lipinski definition) is 0. The minimum absolute atomic E-state index is 1.02. The predicted octanol–water partition coefficient (Wildman–Crippen LogP) is 4.97. The Hall–Kier alpha value is -1.67. The molecule has 2 heteroatoms. The molecule has 3 rings (SSSR count). The third kappa shape index (κ3) is 2.16. The van der Waals surface area contributed by atoms with Crippen molar-refractivity contribution in [3.05, 3.63) is 64.8 Å². The van der Waals surface area contributed by atoms with Gasteiger partial charge in [0.1, 0.15) is 0 Å². The van der Waals surface area contributed by atoms with Crippen molar-refractivity contribution in [3.63, 3.8) is 0 Å². The summed E-state index contributed by atoms with van der Waals surface area (Å²) >= 11 is 3.50. The van der Waals surface area contributed by atoms with E-state index in [1.807, 2.05) is 18.3 Å². The van der Waals surface area contributed by atoms with E-state index in [2.05, 4.69) is 64.2 Å². The molecule has 0 N–H and O–H groups in total. The van der Waals surface area contributed by atoms with Crippen molar-refractivity contribution >= 4 is 26.8 Å². The highest BCUT2D eigenvalue weighted by molar-refractivity contribution is 9.10. The minimum atomic E-state index is 1.02. The Balaban J connectivity index is 2.18. The zero-order valence-corrected chi connectivity index (χ0v) is 11.6. The number of rotatable bonds is 1. The van der Waals surface area contributed by atoms with Gasteiger partial charge >= 0.3 is 0 Å². The van der Waals surface area contributed by atoms with Crippen LogP contribution in [0.4, 0.5) is 0 Å². The fourth-order valence-corrected chi connectivity index (χ4v) is 2.46. The second kappa shape index (κ2) is 4.54. The zero-order valence-electron chi connectivity index (χ0n) is 10.0. The van der Waals surface area contributed by atoms with Gasteiger partial charge in [0.05, 0.1) is 5.52 Å². The number of aryl methyl sites for hydroxylation is 1. The van der Waals surface area contributed by atoms with Gasteiger partial charge in [0.2, 0.25) is 0 Å². The lowest BCUT2D eigenvalue weighted by molar-refractivity contribution is 1.39. The molecule has 0 fully saturated rings. The summed E-state index contributed by atoms with van der Waals surface area (Å²) in [6.07, 6.45) is 1.94. The van der Waals surface area contributed by atoms with E-state index >= 15 is 0 Å². The first-order valence-corrected chi connectivity index (χ1v) is 6.64. The second-order valence-electron chi connectivity index (χ2n) is 4.43. The van der Waals surface area contributed by atoms with E-state index in [-0.39, 0.29) is 0 Å². The first kappa shape index (κ1) is 11.4. The smallest absolute Gasteiger partial charge is 0.0703 e. The molecule has 0 aliphatic carbocycles. The highest BCUT2D eigenvalue weighted by atomic mass is 79.9. The summed E-state index contributed by atoms with van der Waals surface area (Å²) in [4.78, 5) is 4.51. The number of halogens is 1. The van der Waals surface area contributed by atoms with Crippen molar-refractivity contribution in [1.82, 2.24) is 4.98 Å². The maximum atomic E-state index is 4.51. The van der Waals surface area contributed by atoms with Gasteiger partial charge in [-0.15, -0.1) is 0 Å². The van der Waals surface area contributed by atoms with Crippen LogP contribution in [0.2, 0.25) is 0 Å². The number of fused-ring (bicyclic) bond motifs is 1. The molecule has 1 heterocycles. The molecule has 2 aromatic carbocycles. The first-order valence-electron chi connectivity index (χ1n) is 5.85. The highest BCUT2D eigenvalue weighted by Crippen LogP contribution is 2.25. The topological polar surface area (TPSA) is 12.9 Å². The van der Waals surface area contributed by atoms with Gasteiger partial charge in [-0.05, 0) is 36.8 Å². The van der Waals surface area contributed by atoms with Crippen LogP contribution in [0.25, 0.3) is 22.0 Å². The maximum absolute atomic E-state index is 4.51. The normalized spacial score (nSPS) is 10.8. The molecular weight excluding hydrogens is 286 g/mol. The highest BCUT2D eigenvalue weighted by Gasteiger charge is 2.01. The molecule has 0 spiro atoms. The average molecular weight is 298 g/mol. The fourth-order valence-electron chi connectivity index (χ4n) is 2.08. The Morgan fingerprint density at radius 2 is 1.83 bits per heavy atom. The average Bonchev–Trinajstić information content (AvgIpc) is 2.38. The van der Waals surface area contributed by atoms with Crippen molar-refractivity contribution in [2.75, 3.05) is 0 Å². The number of aromatic nitrogens is 1. The van der Waals surface area contributed by atoms with Gasteiger partial charge in [0, 0.05) is 21.6 Å². The van der Waals surface area contributed by atoms with Gasteiger partial charge in [-0.2, -0.15) is 0 Å². The van der Waals surface area contributed by atoms with Crippen LogP contribution in [0.1, 0.15) is 5.56 Å². The van der Waals surface area contributed by atoms with Crippen LogP contribution in [-0.4, -0.2) is 4.98 Å². The van der Waals surface area contributed by atoms with E-state index in [1.54, 1.807) is 0 Å². The van der Waals surface area contributed by atoms with E-state index < -0.39 is 0 Å².